The molecule has 1 aromatic carbocycles. The first-order chi connectivity index (χ1) is 10.0. The quantitative estimate of drug-likeness (QED) is 0.813. The van der Waals surface area contributed by atoms with Gasteiger partial charge in [-0.05, 0) is 17.7 Å². The van der Waals surface area contributed by atoms with Crippen molar-refractivity contribution >= 4 is 11.9 Å². The SMILES string of the molecule is O=C(CN1CCOC(C(=O)O)C1)NCc1ccc(F)cc1. The molecule has 1 aromatic rings. The number of nitrogens with one attached hydrogen (secondary N) is 1. The average Bonchev–Trinajstić information content (AvgIpc) is 2.47. The molecule has 0 spiro atoms. The Bertz CT molecular complexity index is 506. The van der Waals surface area contributed by atoms with Gasteiger partial charge in [-0.2, -0.15) is 0 Å². The number of carboxylic acids is 1. The van der Waals surface area contributed by atoms with E-state index in [-0.39, 0.29) is 24.8 Å². The van der Waals surface area contributed by atoms with E-state index in [4.69, 9.17) is 9.84 Å². The van der Waals surface area contributed by atoms with Crippen molar-refractivity contribution < 1.29 is 23.8 Å². The highest BCUT2D eigenvalue weighted by atomic mass is 19.1. The molecule has 2 rings (SSSR count). The molecule has 1 aliphatic rings. The summed E-state index contributed by atoms with van der Waals surface area (Å²) in [6, 6.07) is 5.87. The number of aliphatic carboxylic acids is 1. The summed E-state index contributed by atoms with van der Waals surface area (Å²) in [5.41, 5.74) is 0.801. The maximum Gasteiger partial charge on any atom is 0.334 e. The first kappa shape index (κ1) is 15.4. The summed E-state index contributed by atoms with van der Waals surface area (Å²) < 4.78 is 17.8. The smallest absolute Gasteiger partial charge is 0.334 e. The highest BCUT2D eigenvalue weighted by molar-refractivity contribution is 5.78. The van der Waals surface area contributed by atoms with Gasteiger partial charge in [0, 0.05) is 19.6 Å². The minimum absolute atomic E-state index is 0.119. The Morgan fingerprint density at radius 3 is 2.76 bits per heavy atom. The van der Waals surface area contributed by atoms with Crippen LogP contribution in [0, 0.1) is 5.82 Å². The summed E-state index contributed by atoms with van der Waals surface area (Å²) in [7, 11) is 0. The van der Waals surface area contributed by atoms with Crippen LogP contribution in [0.15, 0.2) is 24.3 Å². The van der Waals surface area contributed by atoms with Gasteiger partial charge in [0.05, 0.1) is 13.2 Å². The van der Waals surface area contributed by atoms with Crippen molar-refractivity contribution in [1.29, 1.82) is 0 Å². The summed E-state index contributed by atoms with van der Waals surface area (Å²) in [4.78, 5) is 24.4. The zero-order valence-corrected chi connectivity index (χ0v) is 11.4. The van der Waals surface area contributed by atoms with Gasteiger partial charge in [-0.3, -0.25) is 9.69 Å². The number of morpholine rings is 1. The number of carboxylic acid groups (broad SMARTS) is 1. The molecule has 6 nitrogen and oxygen atoms in total. The Morgan fingerprint density at radius 2 is 2.10 bits per heavy atom. The Hall–Kier alpha value is -1.99. The molecule has 0 aromatic heterocycles. The molecule has 1 saturated heterocycles. The van der Waals surface area contributed by atoms with E-state index in [1.807, 2.05) is 0 Å². The lowest BCUT2D eigenvalue weighted by atomic mass is 10.2. The van der Waals surface area contributed by atoms with Crippen molar-refractivity contribution in [3.8, 4) is 0 Å². The maximum absolute atomic E-state index is 12.7. The van der Waals surface area contributed by atoms with E-state index >= 15 is 0 Å². The first-order valence-electron chi connectivity index (χ1n) is 6.62. The average molecular weight is 296 g/mol. The maximum atomic E-state index is 12.7. The van der Waals surface area contributed by atoms with Crippen LogP contribution in [0.1, 0.15) is 5.56 Å². The van der Waals surface area contributed by atoms with E-state index in [0.717, 1.165) is 5.56 Å². The fourth-order valence-electron chi connectivity index (χ4n) is 2.06. The van der Waals surface area contributed by atoms with Crippen LogP contribution in [0.4, 0.5) is 4.39 Å². The Kier molecular flexibility index (Phi) is 5.24. The molecule has 0 aliphatic carbocycles. The third kappa shape index (κ3) is 4.80. The van der Waals surface area contributed by atoms with Gasteiger partial charge in [-0.1, -0.05) is 12.1 Å². The lowest BCUT2D eigenvalue weighted by molar-refractivity contribution is -0.156. The van der Waals surface area contributed by atoms with E-state index in [1.54, 1.807) is 17.0 Å². The molecule has 7 heteroatoms. The number of benzene rings is 1. The summed E-state index contributed by atoms with van der Waals surface area (Å²) in [6.45, 7) is 1.44. The molecule has 21 heavy (non-hydrogen) atoms. The van der Waals surface area contributed by atoms with Crippen LogP contribution in [-0.2, 0) is 20.9 Å². The molecule has 1 fully saturated rings. The minimum atomic E-state index is -1.02. The number of amides is 1. The largest absolute Gasteiger partial charge is 0.479 e. The van der Waals surface area contributed by atoms with E-state index < -0.39 is 12.1 Å². The number of carbonyl (C=O) groups is 2. The molecule has 2 N–H and O–H groups in total. The summed E-state index contributed by atoms with van der Waals surface area (Å²) in [5, 5.41) is 11.6. The molecule has 1 amide bonds. The predicted octanol–water partition coefficient (Wildman–Crippen LogP) is 0.227. The van der Waals surface area contributed by atoms with E-state index in [1.165, 1.54) is 12.1 Å². The van der Waals surface area contributed by atoms with Crippen molar-refractivity contribution in [2.75, 3.05) is 26.2 Å². The van der Waals surface area contributed by atoms with Gasteiger partial charge in [-0.15, -0.1) is 0 Å². The van der Waals surface area contributed by atoms with Crippen molar-refractivity contribution in [2.24, 2.45) is 0 Å². The van der Waals surface area contributed by atoms with Crippen LogP contribution in [0.25, 0.3) is 0 Å². The third-order valence-electron chi connectivity index (χ3n) is 3.20. The van der Waals surface area contributed by atoms with Crippen LogP contribution < -0.4 is 5.32 Å². The van der Waals surface area contributed by atoms with Crippen LogP contribution in [-0.4, -0.2) is 54.2 Å². The molecule has 0 bridgehead atoms. The number of carbonyl (C=O) groups excluding carboxylic acids is 1. The van der Waals surface area contributed by atoms with Crippen LogP contribution in [0.3, 0.4) is 0 Å². The monoisotopic (exact) mass is 296 g/mol. The number of hydrogen-bond acceptors (Lipinski definition) is 4. The van der Waals surface area contributed by atoms with Crippen LogP contribution in [0.2, 0.25) is 0 Å². The summed E-state index contributed by atoms with van der Waals surface area (Å²) >= 11 is 0. The van der Waals surface area contributed by atoms with Gasteiger partial charge in [0.1, 0.15) is 5.82 Å². The minimum Gasteiger partial charge on any atom is -0.479 e. The lowest BCUT2D eigenvalue weighted by Crippen LogP contribution is -2.49. The van der Waals surface area contributed by atoms with Crippen molar-refractivity contribution in [1.82, 2.24) is 10.2 Å². The van der Waals surface area contributed by atoms with E-state index in [9.17, 15) is 14.0 Å². The van der Waals surface area contributed by atoms with E-state index in [0.29, 0.717) is 19.7 Å². The summed E-state index contributed by atoms with van der Waals surface area (Å²) in [6.07, 6.45) is -0.886. The number of hydrogen-bond donors (Lipinski definition) is 2. The Labute approximate surface area is 121 Å². The third-order valence-corrected chi connectivity index (χ3v) is 3.20. The second-order valence-electron chi connectivity index (χ2n) is 4.84. The number of nitrogens with zero attached hydrogens (tertiary/aromatic N) is 1. The normalized spacial score (nSPS) is 19.2. The second-order valence-corrected chi connectivity index (χ2v) is 4.84. The molecule has 1 atom stereocenters. The van der Waals surface area contributed by atoms with Crippen LogP contribution >= 0.6 is 0 Å². The van der Waals surface area contributed by atoms with Gasteiger partial charge in [0.15, 0.2) is 6.10 Å². The molecule has 1 aliphatic heterocycles. The van der Waals surface area contributed by atoms with Gasteiger partial charge in [0.2, 0.25) is 5.91 Å². The molecular weight excluding hydrogens is 279 g/mol. The number of halogens is 1. The van der Waals surface area contributed by atoms with Crippen LogP contribution in [0.5, 0.6) is 0 Å². The molecule has 0 radical (unpaired) electrons. The summed E-state index contributed by atoms with van der Waals surface area (Å²) in [5.74, 6) is -1.55. The first-order valence-corrected chi connectivity index (χ1v) is 6.62. The highest BCUT2D eigenvalue weighted by Gasteiger charge is 2.27. The van der Waals surface area contributed by atoms with Gasteiger partial charge < -0.3 is 15.2 Å². The molecule has 0 saturated carbocycles. The zero-order chi connectivity index (χ0) is 15.2. The van der Waals surface area contributed by atoms with Crippen molar-refractivity contribution in [3.05, 3.63) is 35.6 Å². The van der Waals surface area contributed by atoms with Crippen molar-refractivity contribution in [3.63, 3.8) is 0 Å². The van der Waals surface area contributed by atoms with Crippen molar-refractivity contribution in [2.45, 2.75) is 12.6 Å². The Morgan fingerprint density at radius 1 is 1.38 bits per heavy atom. The second kappa shape index (κ2) is 7.14. The fourth-order valence-corrected chi connectivity index (χ4v) is 2.06. The molecular formula is C14H17FN2O4. The molecule has 114 valence electrons. The topological polar surface area (TPSA) is 78.9 Å². The fraction of sp³-hybridized carbons (Fsp3) is 0.429. The standard InChI is InChI=1S/C14H17FN2O4/c15-11-3-1-10(2-4-11)7-16-13(18)9-17-5-6-21-12(8-17)14(19)20/h1-4,12H,5-9H2,(H,16,18)(H,19,20). The lowest BCUT2D eigenvalue weighted by Gasteiger charge is -2.30. The zero-order valence-electron chi connectivity index (χ0n) is 11.4. The highest BCUT2D eigenvalue weighted by Crippen LogP contribution is 2.05. The molecule has 1 heterocycles. The number of rotatable bonds is 5. The van der Waals surface area contributed by atoms with Gasteiger partial charge in [0.25, 0.3) is 0 Å². The molecule has 1 unspecified atom stereocenters. The van der Waals surface area contributed by atoms with Gasteiger partial charge >= 0.3 is 5.97 Å². The van der Waals surface area contributed by atoms with Gasteiger partial charge in [-0.25, -0.2) is 9.18 Å². The predicted molar refractivity (Wildman–Crippen MR) is 72.1 cm³/mol. The Balaban J connectivity index is 1.76. The number of ether oxygens (including phenoxy) is 1. The van der Waals surface area contributed by atoms with E-state index in [2.05, 4.69) is 5.32 Å².